The summed E-state index contributed by atoms with van der Waals surface area (Å²) in [4.78, 5) is 6.65. The molecule has 0 saturated carbocycles. The lowest BCUT2D eigenvalue weighted by atomic mass is 9.94. The lowest BCUT2D eigenvalue weighted by molar-refractivity contribution is 0.105. The summed E-state index contributed by atoms with van der Waals surface area (Å²) >= 11 is 0. The third-order valence-corrected chi connectivity index (χ3v) is 4.02. The van der Waals surface area contributed by atoms with Gasteiger partial charge in [-0.15, -0.1) is 0 Å². The van der Waals surface area contributed by atoms with Gasteiger partial charge < -0.3 is 5.32 Å². The minimum absolute atomic E-state index is 0.263. The normalized spacial score (nSPS) is 27.9. The number of rotatable bonds is 3. The van der Waals surface area contributed by atoms with Crippen LogP contribution in [-0.4, -0.2) is 35.1 Å². The number of nitrogens with zero attached hydrogens (tertiary/aromatic N) is 2. The summed E-state index contributed by atoms with van der Waals surface area (Å²) < 4.78 is 0. The molecule has 94 valence electrons. The van der Waals surface area contributed by atoms with Crippen molar-refractivity contribution in [3.8, 4) is 0 Å². The molecule has 0 spiro atoms. The van der Waals surface area contributed by atoms with E-state index in [-0.39, 0.29) is 5.54 Å². The van der Waals surface area contributed by atoms with Gasteiger partial charge in [0, 0.05) is 43.6 Å². The van der Waals surface area contributed by atoms with Gasteiger partial charge in [-0.2, -0.15) is 0 Å². The maximum Gasteiger partial charge on any atom is 0.0322 e. The largest absolute Gasteiger partial charge is 0.309 e. The first-order valence-corrected chi connectivity index (χ1v) is 6.53. The van der Waals surface area contributed by atoms with Crippen molar-refractivity contribution in [2.24, 2.45) is 0 Å². The van der Waals surface area contributed by atoms with Crippen molar-refractivity contribution in [3.63, 3.8) is 0 Å². The Hall–Kier alpha value is -0.930. The topological polar surface area (TPSA) is 28.2 Å². The summed E-state index contributed by atoms with van der Waals surface area (Å²) in [7, 11) is 0. The zero-order valence-corrected chi connectivity index (χ0v) is 11.1. The van der Waals surface area contributed by atoms with Crippen molar-refractivity contribution in [1.82, 2.24) is 15.2 Å². The lowest BCUT2D eigenvalue weighted by Crippen LogP contribution is -2.58. The van der Waals surface area contributed by atoms with E-state index >= 15 is 0 Å². The highest BCUT2D eigenvalue weighted by Gasteiger charge is 2.31. The molecule has 2 heterocycles. The van der Waals surface area contributed by atoms with Gasteiger partial charge in [0.05, 0.1) is 0 Å². The number of hydrogen-bond donors (Lipinski definition) is 1. The van der Waals surface area contributed by atoms with Gasteiger partial charge in [-0.05, 0) is 38.0 Å². The maximum absolute atomic E-state index is 4.09. The van der Waals surface area contributed by atoms with Crippen molar-refractivity contribution in [2.75, 3.05) is 19.6 Å². The Labute approximate surface area is 104 Å². The Morgan fingerprint density at radius 2 is 2.18 bits per heavy atom. The van der Waals surface area contributed by atoms with Crippen LogP contribution < -0.4 is 5.32 Å². The fourth-order valence-electron chi connectivity index (χ4n) is 2.50. The lowest BCUT2D eigenvalue weighted by Gasteiger charge is -2.43. The van der Waals surface area contributed by atoms with Gasteiger partial charge in [0.15, 0.2) is 0 Å². The van der Waals surface area contributed by atoms with Crippen molar-refractivity contribution in [1.29, 1.82) is 0 Å². The highest BCUT2D eigenvalue weighted by molar-refractivity contribution is 5.15. The van der Waals surface area contributed by atoms with E-state index < -0.39 is 0 Å². The van der Waals surface area contributed by atoms with E-state index in [9.17, 15) is 0 Å². The Bertz CT molecular complexity index is 352. The average molecular weight is 233 g/mol. The molecule has 0 amide bonds. The Kier molecular flexibility index (Phi) is 3.79. The van der Waals surface area contributed by atoms with E-state index in [0.717, 1.165) is 19.6 Å². The minimum atomic E-state index is 0.263. The standard InChI is InChI=1S/C14H23N3/c1-4-14(3)11-17(10-9-16-14)12(2)13-5-7-15-8-6-13/h5-8,12,16H,4,9-11H2,1-3H3. The van der Waals surface area contributed by atoms with Crippen LogP contribution in [0.3, 0.4) is 0 Å². The Morgan fingerprint density at radius 3 is 2.82 bits per heavy atom. The fraction of sp³-hybridized carbons (Fsp3) is 0.643. The first kappa shape index (κ1) is 12.5. The molecule has 0 aliphatic carbocycles. The minimum Gasteiger partial charge on any atom is -0.309 e. The molecule has 17 heavy (non-hydrogen) atoms. The van der Waals surface area contributed by atoms with Crippen molar-refractivity contribution < 1.29 is 0 Å². The molecule has 0 radical (unpaired) electrons. The molecule has 2 atom stereocenters. The van der Waals surface area contributed by atoms with Crippen LogP contribution in [0.2, 0.25) is 0 Å². The maximum atomic E-state index is 4.09. The second kappa shape index (κ2) is 5.15. The molecule has 3 heteroatoms. The van der Waals surface area contributed by atoms with Gasteiger partial charge >= 0.3 is 0 Å². The first-order chi connectivity index (χ1) is 8.14. The number of hydrogen-bond acceptors (Lipinski definition) is 3. The van der Waals surface area contributed by atoms with Gasteiger partial charge in [-0.1, -0.05) is 6.92 Å². The average Bonchev–Trinajstić information content (AvgIpc) is 2.39. The van der Waals surface area contributed by atoms with Gasteiger partial charge in [0.2, 0.25) is 0 Å². The zero-order valence-electron chi connectivity index (χ0n) is 11.1. The second-order valence-corrected chi connectivity index (χ2v) is 5.27. The van der Waals surface area contributed by atoms with E-state index in [0.29, 0.717) is 6.04 Å². The molecule has 1 aliphatic rings. The quantitative estimate of drug-likeness (QED) is 0.867. The van der Waals surface area contributed by atoms with Gasteiger partial charge in [-0.25, -0.2) is 0 Å². The monoisotopic (exact) mass is 233 g/mol. The summed E-state index contributed by atoms with van der Waals surface area (Å²) in [6.45, 7) is 10.2. The molecule has 1 N–H and O–H groups in total. The number of pyridine rings is 1. The molecule has 0 bridgehead atoms. The highest BCUT2D eigenvalue weighted by atomic mass is 15.2. The molecule has 2 unspecified atom stereocenters. The molecule has 1 saturated heterocycles. The van der Waals surface area contributed by atoms with Crippen LogP contribution >= 0.6 is 0 Å². The molecule has 1 fully saturated rings. The third kappa shape index (κ3) is 2.85. The Morgan fingerprint density at radius 1 is 1.47 bits per heavy atom. The van der Waals surface area contributed by atoms with Crippen LogP contribution in [0.15, 0.2) is 24.5 Å². The van der Waals surface area contributed by atoms with Crippen molar-refractivity contribution in [3.05, 3.63) is 30.1 Å². The summed E-state index contributed by atoms with van der Waals surface area (Å²) in [5, 5.41) is 3.63. The zero-order chi connectivity index (χ0) is 12.3. The van der Waals surface area contributed by atoms with E-state index in [1.807, 2.05) is 12.4 Å². The first-order valence-electron chi connectivity index (χ1n) is 6.53. The van der Waals surface area contributed by atoms with E-state index in [2.05, 4.69) is 48.1 Å². The van der Waals surface area contributed by atoms with Crippen LogP contribution in [0.25, 0.3) is 0 Å². The number of nitrogens with one attached hydrogen (secondary N) is 1. The summed E-state index contributed by atoms with van der Waals surface area (Å²) in [5.74, 6) is 0. The summed E-state index contributed by atoms with van der Waals surface area (Å²) in [5.41, 5.74) is 1.62. The van der Waals surface area contributed by atoms with Crippen molar-refractivity contribution >= 4 is 0 Å². The van der Waals surface area contributed by atoms with E-state index in [4.69, 9.17) is 0 Å². The predicted molar refractivity (Wildman–Crippen MR) is 70.9 cm³/mol. The summed E-state index contributed by atoms with van der Waals surface area (Å²) in [6.07, 6.45) is 4.94. The molecule has 2 rings (SSSR count). The fourth-order valence-corrected chi connectivity index (χ4v) is 2.50. The number of aromatic nitrogens is 1. The van der Waals surface area contributed by atoms with Crippen molar-refractivity contribution in [2.45, 2.75) is 38.8 Å². The summed E-state index contributed by atoms with van der Waals surface area (Å²) in [6, 6.07) is 4.72. The van der Waals surface area contributed by atoms with Gasteiger partial charge in [0.1, 0.15) is 0 Å². The smallest absolute Gasteiger partial charge is 0.0322 e. The highest BCUT2D eigenvalue weighted by Crippen LogP contribution is 2.24. The molecule has 0 aromatic carbocycles. The molecular weight excluding hydrogens is 210 g/mol. The molecule has 1 aromatic rings. The van der Waals surface area contributed by atoms with Gasteiger partial charge in [0.25, 0.3) is 0 Å². The van der Waals surface area contributed by atoms with Crippen LogP contribution in [0.5, 0.6) is 0 Å². The van der Waals surface area contributed by atoms with E-state index in [1.54, 1.807) is 0 Å². The molecule has 1 aliphatic heterocycles. The Balaban J connectivity index is 2.07. The third-order valence-electron chi connectivity index (χ3n) is 4.02. The van der Waals surface area contributed by atoms with Gasteiger partial charge in [-0.3, -0.25) is 9.88 Å². The molecule has 3 nitrogen and oxygen atoms in total. The van der Waals surface area contributed by atoms with Crippen LogP contribution in [0.1, 0.15) is 38.8 Å². The van der Waals surface area contributed by atoms with Crippen LogP contribution in [0, 0.1) is 0 Å². The predicted octanol–water partition coefficient (Wildman–Crippen LogP) is 2.22. The molecular formula is C14H23N3. The van der Waals surface area contributed by atoms with Crippen LogP contribution in [-0.2, 0) is 0 Å². The van der Waals surface area contributed by atoms with E-state index in [1.165, 1.54) is 12.0 Å². The molecule has 1 aromatic heterocycles. The SMILES string of the molecule is CCC1(C)CN(C(C)c2ccncc2)CCN1. The number of piperazine rings is 1. The van der Waals surface area contributed by atoms with Crippen LogP contribution in [0.4, 0.5) is 0 Å². The second-order valence-electron chi connectivity index (χ2n) is 5.27.